The van der Waals surface area contributed by atoms with Gasteiger partial charge in [0.1, 0.15) is 5.69 Å². The van der Waals surface area contributed by atoms with Gasteiger partial charge in [0.15, 0.2) is 0 Å². The molecule has 1 amide bonds. The Kier molecular flexibility index (Phi) is 4.85. The van der Waals surface area contributed by atoms with Crippen LogP contribution in [0.15, 0.2) is 48.7 Å². The summed E-state index contributed by atoms with van der Waals surface area (Å²) in [6.07, 6.45) is 7.29. The molecule has 1 aliphatic carbocycles. The van der Waals surface area contributed by atoms with E-state index in [4.69, 9.17) is 4.74 Å². The molecule has 4 nitrogen and oxygen atoms in total. The van der Waals surface area contributed by atoms with Gasteiger partial charge in [-0.05, 0) is 63.6 Å². The van der Waals surface area contributed by atoms with Gasteiger partial charge < -0.3 is 14.6 Å². The number of nitrogens with zero attached hydrogens (tertiary/aromatic N) is 1. The van der Waals surface area contributed by atoms with Gasteiger partial charge in [0.25, 0.3) is 5.91 Å². The van der Waals surface area contributed by atoms with Gasteiger partial charge in [-0.2, -0.15) is 0 Å². The SMILES string of the molecule is CC1(C)C[C@](CCNC(=O)c2cccn2C2CC2)(c2ccccc2)CCO1. The van der Waals surface area contributed by atoms with E-state index in [0.717, 1.165) is 31.6 Å². The maximum atomic E-state index is 12.7. The van der Waals surface area contributed by atoms with Crippen LogP contribution in [-0.2, 0) is 10.2 Å². The normalized spacial score (nSPS) is 24.5. The fourth-order valence-electron chi connectivity index (χ4n) is 4.64. The first-order valence-corrected chi connectivity index (χ1v) is 10.1. The molecule has 1 aromatic carbocycles. The van der Waals surface area contributed by atoms with Crippen molar-refractivity contribution >= 4 is 5.91 Å². The maximum Gasteiger partial charge on any atom is 0.267 e. The number of hydrogen-bond donors (Lipinski definition) is 1. The highest BCUT2D eigenvalue weighted by Crippen LogP contribution is 2.43. The molecule has 27 heavy (non-hydrogen) atoms. The molecule has 1 saturated carbocycles. The summed E-state index contributed by atoms with van der Waals surface area (Å²) < 4.78 is 8.11. The summed E-state index contributed by atoms with van der Waals surface area (Å²) in [4.78, 5) is 12.7. The number of ether oxygens (including phenoxy) is 1. The van der Waals surface area contributed by atoms with Crippen LogP contribution in [0.3, 0.4) is 0 Å². The molecule has 1 saturated heterocycles. The highest BCUT2D eigenvalue weighted by molar-refractivity contribution is 5.92. The van der Waals surface area contributed by atoms with Crippen molar-refractivity contribution in [2.45, 2.75) is 63.0 Å². The van der Waals surface area contributed by atoms with Crippen LogP contribution in [0.4, 0.5) is 0 Å². The summed E-state index contributed by atoms with van der Waals surface area (Å²) in [5.74, 6) is 0.0430. The topological polar surface area (TPSA) is 43.3 Å². The molecule has 0 spiro atoms. The second-order valence-electron chi connectivity index (χ2n) is 8.72. The number of carbonyl (C=O) groups excluding carboxylic acids is 1. The second kappa shape index (κ2) is 7.16. The average molecular weight is 367 g/mol. The minimum Gasteiger partial charge on any atom is -0.376 e. The van der Waals surface area contributed by atoms with Gasteiger partial charge in [-0.15, -0.1) is 0 Å². The molecular formula is C23H30N2O2. The van der Waals surface area contributed by atoms with Crippen molar-refractivity contribution in [2.24, 2.45) is 0 Å². The molecule has 1 atom stereocenters. The summed E-state index contributed by atoms with van der Waals surface area (Å²) in [5, 5.41) is 3.18. The zero-order valence-electron chi connectivity index (χ0n) is 16.4. The van der Waals surface area contributed by atoms with Gasteiger partial charge in [0, 0.05) is 30.8 Å². The van der Waals surface area contributed by atoms with E-state index in [-0.39, 0.29) is 16.9 Å². The highest BCUT2D eigenvalue weighted by Gasteiger charge is 2.41. The standard InChI is InChI=1S/C23H30N2O2/c1-22(2)17-23(13-16-27-22,18-7-4-3-5-8-18)12-14-24-21(26)20-9-6-15-25(20)19-10-11-19/h3-9,15,19H,10-14,16-17H2,1-2H3,(H,24,26)/t23-/m1/s1. The Morgan fingerprint density at radius 1 is 1.19 bits per heavy atom. The molecule has 2 fully saturated rings. The van der Waals surface area contributed by atoms with E-state index < -0.39 is 0 Å². The van der Waals surface area contributed by atoms with E-state index in [1.807, 2.05) is 18.3 Å². The smallest absolute Gasteiger partial charge is 0.267 e. The third kappa shape index (κ3) is 3.96. The summed E-state index contributed by atoms with van der Waals surface area (Å²) in [6, 6.07) is 15.2. The van der Waals surface area contributed by atoms with Gasteiger partial charge >= 0.3 is 0 Å². The number of amides is 1. The van der Waals surface area contributed by atoms with Crippen LogP contribution in [0.2, 0.25) is 0 Å². The fourth-order valence-corrected chi connectivity index (χ4v) is 4.64. The average Bonchev–Trinajstić information content (AvgIpc) is 3.38. The summed E-state index contributed by atoms with van der Waals surface area (Å²) >= 11 is 0. The predicted molar refractivity (Wildman–Crippen MR) is 107 cm³/mol. The minimum atomic E-state index is -0.140. The molecule has 2 aromatic rings. The summed E-state index contributed by atoms with van der Waals surface area (Å²) in [6.45, 7) is 5.79. The molecule has 0 unspecified atom stereocenters. The van der Waals surface area contributed by atoms with Crippen LogP contribution in [0.1, 0.15) is 68.0 Å². The third-order valence-electron chi connectivity index (χ3n) is 6.06. The lowest BCUT2D eigenvalue weighted by Crippen LogP contribution is -2.45. The van der Waals surface area contributed by atoms with Gasteiger partial charge in [0.05, 0.1) is 5.60 Å². The predicted octanol–water partition coefficient (Wildman–Crippen LogP) is 4.47. The van der Waals surface area contributed by atoms with Crippen molar-refractivity contribution in [1.82, 2.24) is 9.88 Å². The molecule has 1 N–H and O–H groups in total. The molecule has 1 aromatic heterocycles. The highest BCUT2D eigenvalue weighted by atomic mass is 16.5. The van der Waals surface area contributed by atoms with Crippen molar-refractivity contribution in [1.29, 1.82) is 0 Å². The van der Waals surface area contributed by atoms with E-state index in [0.29, 0.717) is 12.6 Å². The van der Waals surface area contributed by atoms with Gasteiger partial charge in [-0.25, -0.2) is 0 Å². The Bertz CT molecular complexity index is 792. The minimum absolute atomic E-state index is 0.0430. The Morgan fingerprint density at radius 2 is 1.96 bits per heavy atom. The fraction of sp³-hybridized carbons (Fsp3) is 0.522. The van der Waals surface area contributed by atoms with E-state index in [1.165, 1.54) is 18.4 Å². The van der Waals surface area contributed by atoms with Gasteiger partial charge in [0.2, 0.25) is 0 Å². The van der Waals surface area contributed by atoms with Crippen LogP contribution < -0.4 is 5.32 Å². The van der Waals surface area contributed by atoms with Crippen LogP contribution in [0.25, 0.3) is 0 Å². The zero-order valence-corrected chi connectivity index (χ0v) is 16.4. The number of aromatic nitrogens is 1. The van der Waals surface area contributed by atoms with E-state index in [1.54, 1.807) is 0 Å². The van der Waals surface area contributed by atoms with Crippen LogP contribution in [0.5, 0.6) is 0 Å². The first kappa shape index (κ1) is 18.3. The van der Waals surface area contributed by atoms with Crippen molar-refractivity contribution in [3.8, 4) is 0 Å². The van der Waals surface area contributed by atoms with E-state index in [2.05, 4.69) is 54.1 Å². The van der Waals surface area contributed by atoms with Crippen LogP contribution >= 0.6 is 0 Å². The molecule has 0 bridgehead atoms. The molecule has 144 valence electrons. The molecule has 1 aliphatic heterocycles. The second-order valence-corrected chi connectivity index (χ2v) is 8.72. The quantitative estimate of drug-likeness (QED) is 0.820. The molecule has 2 aliphatic rings. The van der Waals surface area contributed by atoms with Crippen LogP contribution in [0, 0.1) is 0 Å². The molecule has 4 heteroatoms. The number of rotatable bonds is 6. The van der Waals surface area contributed by atoms with Crippen molar-refractivity contribution in [3.05, 3.63) is 59.9 Å². The number of hydrogen-bond acceptors (Lipinski definition) is 2. The Labute approximate surface area is 161 Å². The number of nitrogens with one attached hydrogen (secondary N) is 1. The Hall–Kier alpha value is -2.07. The first-order chi connectivity index (χ1) is 13.0. The lowest BCUT2D eigenvalue weighted by atomic mass is 9.67. The Balaban J connectivity index is 1.46. The first-order valence-electron chi connectivity index (χ1n) is 10.1. The lowest BCUT2D eigenvalue weighted by molar-refractivity contribution is -0.0838. The van der Waals surface area contributed by atoms with Crippen molar-refractivity contribution < 1.29 is 9.53 Å². The van der Waals surface area contributed by atoms with Gasteiger partial charge in [-0.1, -0.05) is 30.3 Å². The number of carbonyl (C=O) groups is 1. The molecule has 4 rings (SSSR count). The lowest BCUT2D eigenvalue weighted by Gasteiger charge is -2.45. The zero-order chi connectivity index (χ0) is 18.9. The largest absolute Gasteiger partial charge is 0.376 e. The Morgan fingerprint density at radius 3 is 2.67 bits per heavy atom. The van der Waals surface area contributed by atoms with Crippen molar-refractivity contribution in [3.63, 3.8) is 0 Å². The maximum absolute atomic E-state index is 12.7. The third-order valence-corrected chi connectivity index (χ3v) is 6.06. The van der Waals surface area contributed by atoms with E-state index >= 15 is 0 Å². The van der Waals surface area contributed by atoms with E-state index in [9.17, 15) is 4.79 Å². The molecule has 2 heterocycles. The van der Waals surface area contributed by atoms with Gasteiger partial charge in [-0.3, -0.25) is 4.79 Å². The molecular weight excluding hydrogens is 336 g/mol. The molecule has 0 radical (unpaired) electrons. The van der Waals surface area contributed by atoms with Crippen LogP contribution in [-0.4, -0.2) is 29.2 Å². The monoisotopic (exact) mass is 366 g/mol. The summed E-state index contributed by atoms with van der Waals surface area (Å²) in [7, 11) is 0. The summed E-state index contributed by atoms with van der Waals surface area (Å²) in [5.41, 5.74) is 2.06. The van der Waals surface area contributed by atoms with Crippen molar-refractivity contribution in [2.75, 3.05) is 13.2 Å². The number of benzene rings is 1.